The number of hydrogen-bond acceptors (Lipinski definition) is 2. The SMILES string of the molecule is C[C@@H](CC(=O)O)CC(=O)Nc1ccc(Cl)cc1Cl. The van der Waals surface area contributed by atoms with Gasteiger partial charge in [-0.3, -0.25) is 9.59 Å². The van der Waals surface area contributed by atoms with Crippen molar-refractivity contribution in [1.82, 2.24) is 0 Å². The molecule has 0 unspecified atom stereocenters. The molecular formula is C12H13Cl2NO3. The first-order chi connectivity index (χ1) is 8.38. The number of rotatable bonds is 5. The molecule has 0 fully saturated rings. The summed E-state index contributed by atoms with van der Waals surface area (Å²) in [6, 6.07) is 4.74. The largest absolute Gasteiger partial charge is 0.481 e. The summed E-state index contributed by atoms with van der Waals surface area (Å²) in [5, 5.41) is 12.0. The molecule has 0 aliphatic rings. The molecule has 0 saturated heterocycles. The highest BCUT2D eigenvalue weighted by Crippen LogP contribution is 2.25. The fourth-order valence-electron chi connectivity index (χ4n) is 1.48. The molecule has 2 N–H and O–H groups in total. The van der Waals surface area contributed by atoms with Gasteiger partial charge >= 0.3 is 5.97 Å². The van der Waals surface area contributed by atoms with E-state index in [9.17, 15) is 9.59 Å². The molecule has 1 aromatic rings. The van der Waals surface area contributed by atoms with Crippen molar-refractivity contribution in [3.05, 3.63) is 28.2 Å². The van der Waals surface area contributed by atoms with Crippen LogP contribution in [0.15, 0.2) is 18.2 Å². The van der Waals surface area contributed by atoms with Crippen LogP contribution >= 0.6 is 23.2 Å². The quantitative estimate of drug-likeness (QED) is 0.873. The molecule has 18 heavy (non-hydrogen) atoms. The summed E-state index contributed by atoms with van der Waals surface area (Å²) in [5.74, 6) is -1.42. The van der Waals surface area contributed by atoms with Crippen molar-refractivity contribution in [3.63, 3.8) is 0 Å². The van der Waals surface area contributed by atoms with Gasteiger partial charge in [0.25, 0.3) is 0 Å². The van der Waals surface area contributed by atoms with Crippen molar-refractivity contribution in [2.75, 3.05) is 5.32 Å². The lowest BCUT2D eigenvalue weighted by Crippen LogP contribution is -2.17. The minimum atomic E-state index is -0.917. The van der Waals surface area contributed by atoms with Crippen molar-refractivity contribution in [3.8, 4) is 0 Å². The molecule has 0 aliphatic carbocycles. The highest BCUT2D eigenvalue weighted by atomic mass is 35.5. The predicted molar refractivity (Wildman–Crippen MR) is 71.1 cm³/mol. The first-order valence-electron chi connectivity index (χ1n) is 5.35. The Morgan fingerprint density at radius 2 is 2.00 bits per heavy atom. The van der Waals surface area contributed by atoms with Crippen LogP contribution in [0.4, 0.5) is 5.69 Å². The fraction of sp³-hybridized carbons (Fsp3) is 0.333. The minimum absolute atomic E-state index is 0.0399. The van der Waals surface area contributed by atoms with Crippen molar-refractivity contribution in [1.29, 1.82) is 0 Å². The van der Waals surface area contributed by atoms with Crippen LogP contribution in [0.1, 0.15) is 19.8 Å². The van der Waals surface area contributed by atoms with Gasteiger partial charge in [0.1, 0.15) is 0 Å². The Kier molecular flexibility index (Phi) is 5.44. The zero-order valence-corrected chi connectivity index (χ0v) is 11.3. The summed E-state index contributed by atoms with van der Waals surface area (Å²) in [5.41, 5.74) is 0.466. The topological polar surface area (TPSA) is 66.4 Å². The van der Waals surface area contributed by atoms with E-state index in [0.29, 0.717) is 15.7 Å². The third-order valence-corrected chi connectivity index (χ3v) is 2.81. The average Bonchev–Trinajstić information content (AvgIpc) is 2.20. The standard InChI is InChI=1S/C12H13Cl2NO3/c1-7(5-12(17)18)4-11(16)15-10-3-2-8(13)6-9(10)14/h2-3,6-7H,4-5H2,1H3,(H,15,16)(H,17,18)/t7-/m1/s1. The van der Waals surface area contributed by atoms with Gasteiger partial charge in [0, 0.05) is 17.9 Å². The predicted octanol–water partition coefficient (Wildman–Crippen LogP) is 3.43. The van der Waals surface area contributed by atoms with E-state index in [0.717, 1.165) is 0 Å². The monoisotopic (exact) mass is 289 g/mol. The van der Waals surface area contributed by atoms with E-state index >= 15 is 0 Å². The van der Waals surface area contributed by atoms with Gasteiger partial charge in [-0.15, -0.1) is 0 Å². The van der Waals surface area contributed by atoms with Gasteiger partial charge in [0.2, 0.25) is 5.91 Å². The molecule has 0 aliphatic heterocycles. The Labute approximate surface area is 115 Å². The molecular weight excluding hydrogens is 277 g/mol. The number of nitrogens with one attached hydrogen (secondary N) is 1. The minimum Gasteiger partial charge on any atom is -0.481 e. The highest BCUT2D eigenvalue weighted by Gasteiger charge is 2.13. The van der Waals surface area contributed by atoms with E-state index in [-0.39, 0.29) is 24.7 Å². The maximum absolute atomic E-state index is 11.6. The number of aliphatic carboxylic acids is 1. The second-order valence-electron chi connectivity index (χ2n) is 4.08. The van der Waals surface area contributed by atoms with Crippen LogP contribution in [-0.4, -0.2) is 17.0 Å². The number of carboxylic acids is 1. The number of benzene rings is 1. The molecule has 0 heterocycles. The van der Waals surface area contributed by atoms with Gasteiger partial charge < -0.3 is 10.4 Å². The van der Waals surface area contributed by atoms with Gasteiger partial charge in [-0.05, 0) is 24.1 Å². The number of carbonyl (C=O) groups excluding carboxylic acids is 1. The first kappa shape index (κ1) is 14.8. The first-order valence-corrected chi connectivity index (χ1v) is 6.10. The molecule has 98 valence electrons. The molecule has 0 spiro atoms. The van der Waals surface area contributed by atoms with Crippen molar-refractivity contribution in [2.24, 2.45) is 5.92 Å². The molecule has 0 bridgehead atoms. The third-order valence-electron chi connectivity index (χ3n) is 2.26. The van der Waals surface area contributed by atoms with Gasteiger partial charge in [-0.1, -0.05) is 30.1 Å². The molecule has 0 saturated carbocycles. The van der Waals surface area contributed by atoms with E-state index in [4.69, 9.17) is 28.3 Å². The summed E-state index contributed by atoms with van der Waals surface area (Å²) in [6.07, 6.45) is 0.0903. The van der Waals surface area contributed by atoms with Gasteiger partial charge in [0.15, 0.2) is 0 Å². The normalized spacial score (nSPS) is 11.9. The Balaban J connectivity index is 2.56. The lowest BCUT2D eigenvalue weighted by Gasteiger charge is -2.10. The lowest BCUT2D eigenvalue weighted by molar-refractivity contribution is -0.138. The zero-order valence-electron chi connectivity index (χ0n) is 9.74. The molecule has 6 heteroatoms. The molecule has 0 radical (unpaired) electrons. The summed E-state index contributed by atoms with van der Waals surface area (Å²) in [7, 11) is 0. The number of halogens is 2. The van der Waals surface area contributed by atoms with Crippen molar-refractivity contribution >= 4 is 40.8 Å². The maximum atomic E-state index is 11.6. The van der Waals surface area contributed by atoms with Gasteiger partial charge in [0.05, 0.1) is 10.7 Å². The zero-order chi connectivity index (χ0) is 13.7. The summed E-state index contributed by atoms with van der Waals surface area (Å²) >= 11 is 11.6. The molecule has 1 atom stereocenters. The molecule has 1 aromatic carbocycles. The molecule has 1 rings (SSSR count). The van der Waals surface area contributed by atoms with Crippen LogP contribution in [0.3, 0.4) is 0 Å². The van der Waals surface area contributed by atoms with E-state index in [2.05, 4.69) is 5.32 Å². The fourth-order valence-corrected chi connectivity index (χ4v) is 1.93. The van der Waals surface area contributed by atoms with Crippen molar-refractivity contribution in [2.45, 2.75) is 19.8 Å². The summed E-state index contributed by atoms with van der Waals surface area (Å²) < 4.78 is 0. The number of carbonyl (C=O) groups is 2. The summed E-state index contributed by atoms with van der Waals surface area (Å²) in [4.78, 5) is 22.1. The number of anilines is 1. The van der Waals surface area contributed by atoms with E-state index in [1.54, 1.807) is 19.1 Å². The average molecular weight is 290 g/mol. The van der Waals surface area contributed by atoms with Crippen LogP contribution < -0.4 is 5.32 Å². The number of amides is 1. The Bertz CT molecular complexity index is 463. The Hall–Kier alpha value is -1.26. The van der Waals surface area contributed by atoms with Crippen LogP contribution in [0.2, 0.25) is 10.0 Å². The number of hydrogen-bond donors (Lipinski definition) is 2. The van der Waals surface area contributed by atoms with Crippen molar-refractivity contribution < 1.29 is 14.7 Å². The van der Waals surface area contributed by atoms with Gasteiger partial charge in [-0.2, -0.15) is 0 Å². The Morgan fingerprint density at radius 3 is 2.56 bits per heavy atom. The van der Waals surface area contributed by atoms with Gasteiger partial charge in [-0.25, -0.2) is 0 Å². The number of carboxylic acid groups (broad SMARTS) is 1. The second kappa shape index (κ2) is 6.61. The van der Waals surface area contributed by atoms with Crippen LogP contribution in [0.25, 0.3) is 0 Å². The smallest absolute Gasteiger partial charge is 0.303 e. The second-order valence-corrected chi connectivity index (χ2v) is 4.92. The maximum Gasteiger partial charge on any atom is 0.303 e. The van der Waals surface area contributed by atoms with E-state index < -0.39 is 5.97 Å². The Morgan fingerprint density at radius 1 is 1.33 bits per heavy atom. The van der Waals surface area contributed by atoms with Crippen LogP contribution in [0.5, 0.6) is 0 Å². The molecule has 1 amide bonds. The molecule has 4 nitrogen and oxygen atoms in total. The highest BCUT2D eigenvalue weighted by molar-refractivity contribution is 6.36. The van der Waals surface area contributed by atoms with Crippen LogP contribution in [-0.2, 0) is 9.59 Å². The van der Waals surface area contributed by atoms with E-state index in [1.807, 2.05) is 0 Å². The third kappa shape index (κ3) is 4.94. The molecule has 0 aromatic heterocycles. The lowest BCUT2D eigenvalue weighted by atomic mass is 10.0. The summed E-state index contributed by atoms with van der Waals surface area (Å²) in [6.45, 7) is 1.71. The van der Waals surface area contributed by atoms with Crippen LogP contribution in [0, 0.1) is 5.92 Å². The van der Waals surface area contributed by atoms with E-state index in [1.165, 1.54) is 6.07 Å².